The van der Waals surface area contributed by atoms with Crippen molar-refractivity contribution in [3.05, 3.63) is 71.3 Å². The Balaban J connectivity index is 1.77. The van der Waals surface area contributed by atoms with Gasteiger partial charge in [-0.3, -0.25) is 4.90 Å². The average molecular weight is 273 g/mol. The zero-order valence-corrected chi connectivity index (χ0v) is 11.2. The fraction of sp³-hybridized carbons (Fsp3) is 0.294. The number of hydrogen-bond donors (Lipinski definition) is 0. The Morgan fingerprint density at radius 1 is 1.00 bits per heavy atom. The van der Waals surface area contributed by atoms with Crippen LogP contribution in [0.1, 0.15) is 30.0 Å². The maximum Gasteiger partial charge on any atom is 0.123 e. The van der Waals surface area contributed by atoms with Crippen molar-refractivity contribution in [3.8, 4) is 0 Å². The number of nitrogens with zero attached hydrogens (tertiary/aromatic N) is 1. The standard InChI is InChI=1S/C17H17F2N/c18-15-8-6-14(7-9-15)17-5-2-10-20(17)12-13-3-1-4-16(19)11-13/h1,3-4,6-9,11,17H,2,5,10,12H2. The van der Waals surface area contributed by atoms with Crippen LogP contribution < -0.4 is 0 Å². The first-order chi connectivity index (χ1) is 9.72. The number of hydrogen-bond acceptors (Lipinski definition) is 1. The molecule has 104 valence electrons. The van der Waals surface area contributed by atoms with E-state index in [4.69, 9.17) is 0 Å². The third-order valence-corrected chi connectivity index (χ3v) is 3.89. The molecule has 1 aliphatic rings. The molecule has 0 saturated carbocycles. The molecule has 20 heavy (non-hydrogen) atoms. The summed E-state index contributed by atoms with van der Waals surface area (Å²) in [6, 6.07) is 13.8. The molecule has 3 heteroatoms. The third-order valence-electron chi connectivity index (χ3n) is 3.89. The minimum absolute atomic E-state index is 0.194. The SMILES string of the molecule is Fc1ccc(C2CCCN2Cc2cccc(F)c2)cc1. The number of rotatable bonds is 3. The molecule has 1 unspecified atom stereocenters. The summed E-state index contributed by atoms with van der Waals surface area (Å²) in [6.07, 6.45) is 2.19. The highest BCUT2D eigenvalue weighted by molar-refractivity contribution is 5.22. The predicted molar refractivity (Wildman–Crippen MR) is 75.2 cm³/mol. The summed E-state index contributed by atoms with van der Waals surface area (Å²) in [5, 5.41) is 0. The summed E-state index contributed by atoms with van der Waals surface area (Å²) < 4.78 is 26.3. The largest absolute Gasteiger partial charge is 0.292 e. The van der Waals surface area contributed by atoms with Crippen LogP contribution in [0.3, 0.4) is 0 Å². The number of likely N-dealkylation sites (tertiary alicyclic amines) is 1. The first kappa shape index (κ1) is 13.3. The van der Waals surface area contributed by atoms with Gasteiger partial charge in [0, 0.05) is 12.6 Å². The Labute approximate surface area is 117 Å². The van der Waals surface area contributed by atoms with E-state index in [2.05, 4.69) is 4.90 Å². The van der Waals surface area contributed by atoms with Crippen molar-refractivity contribution in [2.24, 2.45) is 0 Å². The van der Waals surface area contributed by atoms with E-state index in [1.165, 1.54) is 18.2 Å². The summed E-state index contributed by atoms with van der Waals surface area (Å²) in [7, 11) is 0. The zero-order valence-electron chi connectivity index (χ0n) is 11.2. The topological polar surface area (TPSA) is 3.24 Å². The van der Waals surface area contributed by atoms with Crippen LogP contribution in [-0.2, 0) is 6.54 Å². The lowest BCUT2D eigenvalue weighted by Gasteiger charge is -2.25. The second-order valence-electron chi connectivity index (χ2n) is 5.31. The van der Waals surface area contributed by atoms with Gasteiger partial charge in [-0.05, 0) is 54.8 Å². The normalized spacial score (nSPS) is 19.4. The molecule has 0 aromatic heterocycles. The second-order valence-corrected chi connectivity index (χ2v) is 5.31. The molecule has 1 nitrogen and oxygen atoms in total. The zero-order chi connectivity index (χ0) is 13.9. The van der Waals surface area contributed by atoms with Gasteiger partial charge in [0.15, 0.2) is 0 Å². The molecule has 1 atom stereocenters. The molecule has 0 spiro atoms. The molecular formula is C17H17F2N. The quantitative estimate of drug-likeness (QED) is 0.805. The minimum atomic E-state index is -0.205. The molecule has 3 rings (SSSR count). The lowest BCUT2D eigenvalue weighted by atomic mass is 10.0. The average Bonchev–Trinajstić information content (AvgIpc) is 2.88. The fourth-order valence-electron chi connectivity index (χ4n) is 2.95. The molecule has 0 amide bonds. The smallest absolute Gasteiger partial charge is 0.123 e. The number of halogens is 2. The van der Waals surface area contributed by atoms with Gasteiger partial charge < -0.3 is 0 Å². The van der Waals surface area contributed by atoms with Crippen LogP contribution in [0.5, 0.6) is 0 Å². The van der Waals surface area contributed by atoms with Gasteiger partial charge in [-0.15, -0.1) is 0 Å². The van der Waals surface area contributed by atoms with Gasteiger partial charge in [0.05, 0.1) is 0 Å². The van der Waals surface area contributed by atoms with Crippen LogP contribution in [0.2, 0.25) is 0 Å². The Morgan fingerprint density at radius 2 is 1.80 bits per heavy atom. The van der Waals surface area contributed by atoms with Gasteiger partial charge in [-0.25, -0.2) is 8.78 Å². The molecule has 1 fully saturated rings. The van der Waals surface area contributed by atoms with Gasteiger partial charge in [-0.2, -0.15) is 0 Å². The molecule has 2 aromatic rings. The van der Waals surface area contributed by atoms with Crippen LogP contribution in [0.15, 0.2) is 48.5 Å². The minimum Gasteiger partial charge on any atom is -0.292 e. The van der Waals surface area contributed by atoms with E-state index in [-0.39, 0.29) is 11.6 Å². The third kappa shape index (κ3) is 2.88. The summed E-state index contributed by atoms with van der Waals surface area (Å²) in [4.78, 5) is 2.34. The Bertz CT molecular complexity index is 580. The molecule has 0 radical (unpaired) electrons. The van der Waals surface area contributed by atoms with E-state index in [1.54, 1.807) is 12.1 Å². The maximum absolute atomic E-state index is 13.2. The van der Waals surface area contributed by atoms with Gasteiger partial charge in [0.2, 0.25) is 0 Å². The van der Waals surface area contributed by atoms with Crippen LogP contribution in [0.25, 0.3) is 0 Å². The summed E-state index contributed by atoms with van der Waals surface area (Å²) in [5.41, 5.74) is 2.12. The second kappa shape index (κ2) is 5.71. The highest BCUT2D eigenvalue weighted by atomic mass is 19.1. The first-order valence-corrected chi connectivity index (χ1v) is 6.96. The molecule has 1 aliphatic heterocycles. The van der Waals surface area contributed by atoms with E-state index < -0.39 is 0 Å². The Hall–Kier alpha value is -1.74. The van der Waals surface area contributed by atoms with Gasteiger partial charge >= 0.3 is 0 Å². The van der Waals surface area contributed by atoms with Crippen molar-refractivity contribution in [3.63, 3.8) is 0 Å². The van der Waals surface area contributed by atoms with Crippen LogP contribution in [0, 0.1) is 11.6 Å². The summed E-state index contributed by atoms with van der Waals surface area (Å²) in [6.45, 7) is 1.73. The Morgan fingerprint density at radius 3 is 2.55 bits per heavy atom. The molecule has 0 N–H and O–H groups in total. The van der Waals surface area contributed by atoms with Crippen LogP contribution >= 0.6 is 0 Å². The van der Waals surface area contributed by atoms with E-state index >= 15 is 0 Å². The molecule has 2 aromatic carbocycles. The number of benzene rings is 2. The highest BCUT2D eigenvalue weighted by Crippen LogP contribution is 2.33. The Kier molecular flexibility index (Phi) is 3.79. The van der Waals surface area contributed by atoms with Gasteiger partial charge in [0.1, 0.15) is 11.6 Å². The van der Waals surface area contributed by atoms with Crippen molar-refractivity contribution >= 4 is 0 Å². The van der Waals surface area contributed by atoms with Gasteiger partial charge in [0.25, 0.3) is 0 Å². The van der Waals surface area contributed by atoms with Crippen molar-refractivity contribution < 1.29 is 8.78 Å². The lowest BCUT2D eigenvalue weighted by Crippen LogP contribution is -2.22. The van der Waals surface area contributed by atoms with Crippen molar-refractivity contribution in [2.45, 2.75) is 25.4 Å². The van der Waals surface area contributed by atoms with Gasteiger partial charge in [-0.1, -0.05) is 24.3 Å². The fourth-order valence-corrected chi connectivity index (χ4v) is 2.95. The highest BCUT2D eigenvalue weighted by Gasteiger charge is 2.25. The van der Waals surface area contributed by atoms with E-state index in [0.29, 0.717) is 6.04 Å². The summed E-state index contributed by atoms with van der Waals surface area (Å²) >= 11 is 0. The van der Waals surface area contributed by atoms with Crippen LogP contribution in [-0.4, -0.2) is 11.4 Å². The molecule has 0 bridgehead atoms. The van der Waals surface area contributed by atoms with E-state index in [1.807, 2.05) is 18.2 Å². The van der Waals surface area contributed by atoms with Crippen molar-refractivity contribution in [1.29, 1.82) is 0 Å². The summed E-state index contributed by atoms with van der Waals surface area (Å²) in [5.74, 6) is -0.400. The molecule has 0 aliphatic carbocycles. The monoisotopic (exact) mass is 273 g/mol. The van der Waals surface area contributed by atoms with Crippen molar-refractivity contribution in [1.82, 2.24) is 4.90 Å². The molecular weight excluding hydrogens is 256 g/mol. The first-order valence-electron chi connectivity index (χ1n) is 6.96. The van der Waals surface area contributed by atoms with E-state index in [9.17, 15) is 8.78 Å². The molecule has 1 saturated heterocycles. The van der Waals surface area contributed by atoms with Crippen LogP contribution in [0.4, 0.5) is 8.78 Å². The molecule has 1 heterocycles. The lowest BCUT2D eigenvalue weighted by molar-refractivity contribution is 0.248. The van der Waals surface area contributed by atoms with E-state index in [0.717, 1.165) is 37.1 Å². The maximum atomic E-state index is 13.2. The predicted octanol–water partition coefficient (Wildman–Crippen LogP) is 4.30. The van der Waals surface area contributed by atoms with Crippen molar-refractivity contribution in [2.75, 3.05) is 6.54 Å².